The number of hydrogen-bond donors (Lipinski definition) is 2. The van der Waals surface area contributed by atoms with Gasteiger partial charge in [0.2, 0.25) is 11.8 Å². The molecule has 0 radical (unpaired) electrons. The molecule has 0 bridgehead atoms. The van der Waals surface area contributed by atoms with Gasteiger partial charge < -0.3 is 15.3 Å². The van der Waals surface area contributed by atoms with Crippen molar-refractivity contribution >= 4 is 11.8 Å². The molecule has 1 aliphatic rings. The monoisotopic (exact) mass is 318 g/mol. The summed E-state index contributed by atoms with van der Waals surface area (Å²) in [5, 5.41) is 12.1. The van der Waals surface area contributed by atoms with Crippen molar-refractivity contribution in [1.82, 2.24) is 10.2 Å². The third kappa shape index (κ3) is 4.10. The van der Waals surface area contributed by atoms with Gasteiger partial charge in [-0.1, -0.05) is 37.3 Å². The summed E-state index contributed by atoms with van der Waals surface area (Å²) in [7, 11) is 0. The second kappa shape index (κ2) is 7.59. The predicted molar refractivity (Wildman–Crippen MR) is 88.5 cm³/mol. The van der Waals surface area contributed by atoms with Crippen LogP contribution in [0.5, 0.6) is 0 Å². The van der Waals surface area contributed by atoms with E-state index in [0.717, 1.165) is 5.56 Å². The lowest BCUT2D eigenvalue weighted by Gasteiger charge is -2.25. The molecule has 1 fully saturated rings. The van der Waals surface area contributed by atoms with E-state index in [1.165, 1.54) is 0 Å². The molecule has 0 aliphatic carbocycles. The summed E-state index contributed by atoms with van der Waals surface area (Å²) >= 11 is 0. The maximum absolute atomic E-state index is 12.4. The normalized spacial score (nSPS) is 21.8. The highest BCUT2D eigenvalue weighted by molar-refractivity contribution is 5.89. The first kappa shape index (κ1) is 17.5. The van der Waals surface area contributed by atoms with E-state index in [-0.39, 0.29) is 48.8 Å². The van der Waals surface area contributed by atoms with Gasteiger partial charge in [0.15, 0.2) is 0 Å². The summed E-state index contributed by atoms with van der Waals surface area (Å²) in [6.07, 6.45) is 0.253. The van der Waals surface area contributed by atoms with Crippen LogP contribution in [0.15, 0.2) is 30.3 Å². The molecule has 1 aromatic rings. The van der Waals surface area contributed by atoms with E-state index in [9.17, 15) is 9.59 Å². The average Bonchev–Trinajstić information content (AvgIpc) is 2.96. The first-order valence-electron chi connectivity index (χ1n) is 8.19. The molecule has 1 saturated heterocycles. The Hall–Kier alpha value is -1.88. The largest absolute Gasteiger partial charge is 0.396 e. The number of carbonyl (C=O) groups excluding carboxylic acids is 2. The zero-order valence-electron chi connectivity index (χ0n) is 14.0. The molecule has 23 heavy (non-hydrogen) atoms. The molecular formula is C18H26N2O3. The van der Waals surface area contributed by atoms with Crippen molar-refractivity contribution in [3.63, 3.8) is 0 Å². The molecule has 1 heterocycles. The van der Waals surface area contributed by atoms with Crippen molar-refractivity contribution in [2.75, 3.05) is 13.2 Å². The number of nitrogens with zero attached hydrogens (tertiary/aromatic N) is 1. The van der Waals surface area contributed by atoms with Crippen molar-refractivity contribution in [3.05, 3.63) is 35.9 Å². The molecule has 2 rings (SSSR count). The highest BCUT2D eigenvalue weighted by Crippen LogP contribution is 2.28. The number of amides is 2. The fraction of sp³-hybridized carbons (Fsp3) is 0.556. The van der Waals surface area contributed by atoms with Crippen LogP contribution in [0.3, 0.4) is 0 Å². The zero-order valence-corrected chi connectivity index (χ0v) is 14.0. The maximum Gasteiger partial charge on any atom is 0.225 e. The lowest BCUT2D eigenvalue weighted by atomic mass is 10.0. The van der Waals surface area contributed by atoms with Crippen LogP contribution in [0.25, 0.3) is 0 Å². The van der Waals surface area contributed by atoms with Crippen molar-refractivity contribution < 1.29 is 14.7 Å². The van der Waals surface area contributed by atoms with Crippen LogP contribution in [-0.4, -0.2) is 41.0 Å². The Morgan fingerprint density at radius 3 is 2.57 bits per heavy atom. The van der Waals surface area contributed by atoms with Crippen molar-refractivity contribution in [3.8, 4) is 0 Å². The van der Waals surface area contributed by atoms with Gasteiger partial charge >= 0.3 is 0 Å². The lowest BCUT2D eigenvalue weighted by molar-refractivity contribution is -0.130. The predicted octanol–water partition coefficient (Wildman–Crippen LogP) is 1.73. The molecule has 0 aromatic heterocycles. The number of hydrogen-bond acceptors (Lipinski definition) is 3. The Morgan fingerprint density at radius 1 is 1.30 bits per heavy atom. The topological polar surface area (TPSA) is 69.6 Å². The van der Waals surface area contributed by atoms with E-state index >= 15 is 0 Å². The molecule has 0 saturated carbocycles. The molecular weight excluding hydrogens is 292 g/mol. The van der Waals surface area contributed by atoms with E-state index in [1.807, 2.05) is 51.1 Å². The molecule has 5 heteroatoms. The molecule has 2 N–H and O–H groups in total. The van der Waals surface area contributed by atoms with Gasteiger partial charge in [-0.3, -0.25) is 9.59 Å². The summed E-state index contributed by atoms with van der Waals surface area (Å²) in [5.74, 6) is -0.407. The van der Waals surface area contributed by atoms with Gasteiger partial charge in [-0.15, -0.1) is 0 Å². The highest BCUT2D eigenvalue weighted by Gasteiger charge is 2.37. The van der Waals surface area contributed by atoms with Crippen molar-refractivity contribution in [2.45, 2.75) is 39.3 Å². The van der Waals surface area contributed by atoms with E-state index in [1.54, 1.807) is 4.90 Å². The van der Waals surface area contributed by atoms with Crippen LogP contribution in [0.1, 0.15) is 38.8 Å². The van der Waals surface area contributed by atoms with Crippen LogP contribution in [0.2, 0.25) is 0 Å². The third-order valence-electron chi connectivity index (χ3n) is 4.79. The van der Waals surface area contributed by atoms with Gasteiger partial charge in [0.05, 0.1) is 12.0 Å². The minimum Gasteiger partial charge on any atom is -0.396 e. The number of aliphatic hydroxyl groups excluding tert-OH is 1. The van der Waals surface area contributed by atoms with E-state index in [0.29, 0.717) is 6.54 Å². The summed E-state index contributed by atoms with van der Waals surface area (Å²) < 4.78 is 0. The van der Waals surface area contributed by atoms with Gasteiger partial charge in [0.1, 0.15) is 0 Å². The number of carbonyl (C=O) groups is 2. The Kier molecular flexibility index (Phi) is 5.77. The van der Waals surface area contributed by atoms with Gasteiger partial charge in [-0.05, 0) is 25.3 Å². The average molecular weight is 318 g/mol. The van der Waals surface area contributed by atoms with Crippen LogP contribution in [0.4, 0.5) is 0 Å². The molecule has 4 unspecified atom stereocenters. The van der Waals surface area contributed by atoms with Gasteiger partial charge in [0.25, 0.3) is 0 Å². The fourth-order valence-corrected chi connectivity index (χ4v) is 2.84. The quantitative estimate of drug-likeness (QED) is 0.839. The number of likely N-dealkylation sites (tertiary alicyclic amines) is 1. The third-order valence-corrected chi connectivity index (χ3v) is 4.79. The molecule has 1 aliphatic heterocycles. The highest BCUT2D eigenvalue weighted by atomic mass is 16.3. The number of rotatable bonds is 6. The van der Waals surface area contributed by atoms with Gasteiger partial charge in [-0.25, -0.2) is 0 Å². The zero-order chi connectivity index (χ0) is 17.0. The molecule has 0 spiro atoms. The van der Waals surface area contributed by atoms with Gasteiger partial charge in [0, 0.05) is 25.6 Å². The molecule has 1 aromatic carbocycles. The molecule has 4 atom stereocenters. The summed E-state index contributed by atoms with van der Waals surface area (Å²) in [6, 6.07) is 9.70. The second-order valence-corrected chi connectivity index (χ2v) is 6.49. The van der Waals surface area contributed by atoms with Gasteiger partial charge in [-0.2, -0.15) is 0 Å². The first-order chi connectivity index (χ1) is 10.9. The minimum atomic E-state index is -0.318. The van der Waals surface area contributed by atoms with E-state index in [2.05, 4.69) is 5.32 Å². The first-order valence-corrected chi connectivity index (χ1v) is 8.19. The van der Waals surface area contributed by atoms with Crippen LogP contribution >= 0.6 is 0 Å². The molecule has 126 valence electrons. The van der Waals surface area contributed by atoms with Crippen molar-refractivity contribution in [2.24, 2.45) is 11.8 Å². The van der Waals surface area contributed by atoms with Crippen molar-refractivity contribution in [1.29, 1.82) is 0 Å². The molecule has 5 nitrogen and oxygen atoms in total. The van der Waals surface area contributed by atoms with Crippen LogP contribution in [0, 0.1) is 11.8 Å². The van der Waals surface area contributed by atoms with Crippen LogP contribution in [-0.2, 0) is 9.59 Å². The fourth-order valence-electron chi connectivity index (χ4n) is 2.84. The van der Waals surface area contributed by atoms with Crippen LogP contribution < -0.4 is 5.32 Å². The molecule has 2 amide bonds. The second-order valence-electron chi connectivity index (χ2n) is 6.49. The Labute approximate surface area is 137 Å². The number of benzene rings is 1. The SMILES string of the molecule is CC(CO)C(C)NC(=O)C1CC(=O)N(C(C)c2ccccc2)C1. The smallest absolute Gasteiger partial charge is 0.225 e. The Balaban J connectivity index is 1.98. The van der Waals surface area contributed by atoms with E-state index in [4.69, 9.17) is 5.11 Å². The number of nitrogens with one attached hydrogen (secondary N) is 1. The minimum absolute atomic E-state index is 0.00426. The summed E-state index contributed by atoms with van der Waals surface area (Å²) in [5.41, 5.74) is 1.07. The number of aliphatic hydroxyl groups is 1. The maximum atomic E-state index is 12.4. The Bertz CT molecular complexity index is 546. The van der Waals surface area contributed by atoms with E-state index < -0.39 is 0 Å². The summed E-state index contributed by atoms with van der Waals surface area (Å²) in [4.78, 5) is 26.4. The lowest BCUT2D eigenvalue weighted by Crippen LogP contribution is -2.42. The Morgan fingerprint density at radius 2 is 1.96 bits per heavy atom. The summed E-state index contributed by atoms with van der Waals surface area (Å²) in [6.45, 7) is 6.22. The standard InChI is InChI=1S/C18H26N2O3/c1-12(11-21)13(2)19-18(23)16-9-17(22)20(10-16)14(3)15-7-5-4-6-8-15/h4-8,12-14,16,21H,9-11H2,1-3H3,(H,19,23).